The van der Waals surface area contributed by atoms with E-state index in [1.54, 1.807) is 0 Å². The molecule has 2 unspecified atom stereocenters. The van der Waals surface area contributed by atoms with Crippen LogP contribution in [0.1, 0.15) is 46.0 Å². The Hall–Kier alpha value is -0.610. The number of rotatable bonds is 5. The van der Waals surface area contributed by atoms with Crippen molar-refractivity contribution in [2.45, 2.75) is 64.1 Å². The molecule has 1 aliphatic heterocycles. The molecule has 2 atom stereocenters. The predicted octanol–water partition coefficient (Wildman–Crippen LogP) is 1.23. The molecule has 2 aliphatic rings. The lowest BCUT2D eigenvalue weighted by atomic mass is 9.98. The number of hydrogen-bond acceptors (Lipinski definition) is 3. The van der Waals surface area contributed by atoms with E-state index in [4.69, 9.17) is 0 Å². The lowest BCUT2D eigenvalue weighted by Crippen LogP contribution is -2.50. The summed E-state index contributed by atoms with van der Waals surface area (Å²) in [5.41, 5.74) is 0. The SMILES string of the molecule is CCN(C(=O)CN1CCCCC1C(C)O)C1CC1. The summed E-state index contributed by atoms with van der Waals surface area (Å²) in [6, 6.07) is 0.665. The summed E-state index contributed by atoms with van der Waals surface area (Å²) in [4.78, 5) is 16.5. The van der Waals surface area contributed by atoms with Crippen LogP contribution < -0.4 is 0 Å². The first-order chi connectivity index (χ1) is 8.63. The highest BCUT2D eigenvalue weighted by atomic mass is 16.3. The Morgan fingerprint density at radius 3 is 2.67 bits per heavy atom. The lowest BCUT2D eigenvalue weighted by Gasteiger charge is -2.38. The van der Waals surface area contributed by atoms with Gasteiger partial charge in [-0.3, -0.25) is 9.69 Å². The smallest absolute Gasteiger partial charge is 0.236 e. The first-order valence-corrected chi connectivity index (χ1v) is 7.35. The van der Waals surface area contributed by atoms with Gasteiger partial charge >= 0.3 is 0 Å². The van der Waals surface area contributed by atoms with Gasteiger partial charge in [0.05, 0.1) is 12.6 Å². The van der Waals surface area contributed by atoms with Crippen LogP contribution in [0.4, 0.5) is 0 Å². The van der Waals surface area contributed by atoms with E-state index in [1.807, 2.05) is 11.8 Å². The third-order valence-electron chi connectivity index (χ3n) is 4.21. The van der Waals surface area contributed by atoms with Gasteiger partial charge in [0.2, 0.25) is 5.91 Å². The number of hydrogen-bond donors (Lipinski definition) is 1. The van der Waals surface area contributed by atoms with E-state index in [9.17, 15) is 9.90 Å². The van der Waals surface area contributed by atoms with Crippen molar-refractivity contribution < 1.29 is 9.90 Å². The van der Waals surface area contributed by atoms with Crippen LogP contribution in [0.3, 0.4) is 0 Å². The van der Waals surface area contributed by atoms with E-state index in [0.29, 0.717) is 12.6 Å². The molecule has 1 N–H and O–H groups in total. The van der Waals surface area contributed by atoms with Crippen LogP contribution in [0, 0.1) is 0 Å². The largest absolute Gasteiger partial charge is 0.392 e. The number of likely N-dealkylation sites (N-methyl/N-ethyl adjacent to an activating group) is 1. The molecule has 1 aliphatic carbocycles. The fraction of sp³-hybridized carbons (Fsp3) is 0.929. The van der Waals surface area contributed by atoms with Crippen molar-refractivity contribution in [1.29, 1.82) is 0 Å². The number of nitrogens with zero attached hydrogens (tertiary/aromatic N) is 2. The van der Waals surface area contributed by atoms with Crippen molar-refractivity contribution in [2.24, 2.45) is 0 Å². The monoisotopic (exact) mass is 254 g/mol. The zero-order chi connectivity index (χ0) is 13.1. The Balaban J connectivity index is 1.91. The van der Waals surface area contributed by atoms with Crippen molar-refractivity contribution in [3.63, 3.8) is 0 Å². The summed E-state index contributed by atoms with van der Waals surface area (Å²) in [5.74, 6) is 0.243. The second-order valence-electron chi connectivity index (χ2n) is 5.69. The lowest BCUT2D eigenvalue weighted by molar-refractivity contribution is -0.134. The maximum atomic E-state index is 12.3. The van der Waals surface area contributed by atoms with Gasteiger partial charge in [-0.05, 0) is 46.1 Å². The van der Waals surface area contributed by atoms with E-state index in [1.165, 1.54) is 19.3 Å². The second kappa shape index (κ2) is 6.02. The maximum Gasteiger partial charge on any atom is 0.236 e. The molecular weight excluding hydrogens is 228 g/mol. The molecule has 2 fully saturated rings. The van der Waals surface area contributed by atoms with Gasteiger partial charge in [0.1, 0.15) is 0 Å². The Labute approximate surface area is 110 Å². The Bertz CT molecular complexity index is 290. The Morgan fingerprint density at radius 2 is 2.11 bits per heavy atom. The van der Waals surface area contributed by atoms with E-state index in [-0.39, 0.29) is 18.1 Å². The van der Waals surface area contributed by atoms with Gasteiger partial charge in [0, 0.05) is 18.6 Å². The first-order valence-electron chi connectivity index (χ1n) is 7.35. The molecule has 4 nitrogen and oxygen atoms in total. The minimum Gasteiger partial charge on any atom is -0.392 e. The number of amides is 1. The summed E-state index contributed by atoms with van der Waals surface area (Å²) in [6.07, 6.45) is 5.32. The third kappa shape index (κ3) is 3.23. The predicted molar refractivity (Wildman–Crippen MR) is 71.3 cm³/mol. The van der Waals surface area contributed by atoms with Gasteiger partial charge in [0.15, 0.2) is 0 Å². The molecule has 104 valence electrons. The van der Waals surface area contributed by atoms with Crippen molar-refractivity contribution >= 4 is 5.91 Å². The zero-order valence-corrected chi connectivity index (χ0v) is 11.6. The first kappa shape index (κ1) is 13.8. The van der Waals surface area contributed by atoms with Gasteiger partial charge in [-0.1, -0.05) is 6.42 Å². The van der Waals surface area contributed by atoms with E-state index >= 15 is 0 Å². The highest BCUT2D eigenvalue weighted by molar-refractivity contribution is 5.79. The Morgan fingerprint density at radius 1 is 1.39 bits per heavy atom. The summed E-state index contributed by atoms with van der Waals surface area (Å²) < 4.78 is 0. The second-order valence-corrected chi connectivity index (χ2v) is 5.69. The fourth-order valence-electron chi connectivity index (χ4n) is 3.05. The molecule has 1 saturated carbocycles. The van der Waals surface area contributed by atoms with Crippen LogP contribution >= 0.6 is 0 Å². The van der Waals surface area contributed by atoms with Crippen molar-refractivity contribution in [2.75, 3.05) is 19.6 Å². The molecule has 0 bridgehead atoms. The highest BCUT2D eigenvalue weighted by Crippen LogP contribution is 2.27. The number of aliphatic hydroxyl groups is 1. The number of carbonyl (C=O) groups excluding carboxylic acids is 1. The molecule has 18 heavy (non-hydrogen) atoms. The Kier molecular flexibility index (Phi) is 4.62. The van der Waals surface area contributed by atoms with Gasteiger partial charge in [0.25, 0.3) is 0 Å². The van der Waals surface area contributed by atoms with Gasteiger partial charge in [-0.15, -0.1) is 0 Å². The average Bonchev–Trinajstić information content (AvgIpc) is 3.15. The minimum absolute atomic E-state index is 0.167. The molecule has 0 aromatic heterocycles. The number of likely N-dealkylation sites (tertiary alicyclic amines) is 1. The average molecular weight is 254 g/mol. The molecule has 4 heteroatoms. The summed E-state index contributed by atoms with van der Waals surface area (Å²) in [5, 5.41) is 9.81. The molecule has 1 saturated heterocycles. The van der Waals surface area contributed by atoms with Gasteiger partial charge in [-0.25, -0.2) is 0 Å². The number of carbonyl (C=O) groups is 1. The van der Waals surface area contributed by atoms with Crippen LogP contribution in [0.25, 0.3) is 0 Å². The molecule has 0 radical (unpaired) electrons. The van der Waals surface area contributed by atoms with E-state index in [0.717, 1.165) is 25.9 Å². The fourth-order valence-corrected chi connectivity index (χ4v) is 3.05. The topological polar surface area (TPSA) is 43.8 Å². The molecule has 0 aromatic carbocycles. The molecule has 2 rings (SSSR count). The van der Waals surface area contributed by atoms with Crippen molar-refractivity contribution in [3.8, 4) is 0 Å². The highest BCUT2D eigenvalue weighted by Gasteiger charge is 2.34. The summed E-state index contributed by atoms with van der Waals surface area (Å²) in [6.45, 7) is 6.14. The van der Waals surface area contributed by atoms with Crippen LogP contribution in [0.5, 0.6) is 0 Å². The van der Waals surface area contributed by atoms with Crippen LogP contribution in [-0.4, -0.2) is 58.6 Å². The maximum absolute atomic E-state index is 12.3. The molecular formula is C14H26N2O2. The summed E-state index contributed by atoms with van der Waals surface area (Å²) >= 11 is 0. The molecule has 1 amide bonds. The number of aliphatic hydroxyl groups excluding tert-OH is 1. The van der Waals surface area contributed by atoms with E-state index in [2.05, 4.69) is 11.8 Å². The zero-order valence-electron chi connectivity index (χ0n) is 11.6. The van der Waals surface area contributed by atoms with Crippen LogP contribution in [0.2, 0.25) is 0 Å². The standard InChI is InChI=1S/C14H26N2O2/c1-3-16(12-7-8-12)14(18)10-15-9-5-4-6-13(15)11(2)17/h11-13,17H,3-10H2,1-2H3. The van der Waals surface area contributed by atoms with Gasteiger partial charge < -0.3 is 10.0 Å². The third-order valence-corrected chi connectivity index (χ3v) is 4.21. The van der Waals surface area contributed by atoms with Crippen molar-refractivity contribution in [3.05, 3.63) is 0 Å². The quantitative estimate of drug-likeness (QED) is 0.802. The molecule has 0 aromatic rings. The van der Waals surface area contributed by atoms with Gasteiger partial charge in [-0.2, -0.15) is 0 Å². The van der Waals surface area contributed by atoms with E-state index < -0.39 is 0 Å². The molecule has 0 spiro atoms. The van der Waals surface area contributed by atoms with Crippen LogP contribution in [0.15, 0.2) is 0 Å². The van der Waals surface area contributed by atoms with Crippen molar-refractivity contribution in [1.82, 2.24) is 9.80 Å². The van der Waals surface area contributed by atoms with Crippen LogP contribution in [-0.2, 0) is 4.79 Å². The normalized spacial score (nSPS) is 26.9. The summed E-state index contributed by atoms with van der Waals surface area (Å²) in [7, 11) is 0. The molecule has 1 heterocycles. The minimum atomic E-state index is -0.339. The number of piperidine rings is 1.